The summed E-state index contributed by atoms with van der Waals surface area (Å²) in [6, 6.07) is 5.86. The first kappa shape index (κ1) is 17.4. The van der Waals surface area contributed by atoms with Gasteiger partial charge in [0.2, 0.25) is 0 Å². The monoisotopic (exact) mass is 340 g/mol. The van der Waals surface area contributed by atoms with Crippen LogP contribution in [0, 0.1) is 0 Å². The average Bonchev–Trinajstić information content (AvgIpc) is 2.58. The van der Waals surface area contributed by atoms with Gasteiger partial charge in [-0.05, 0) is 30.0 Å². The van der Waals surface area contributed by atoms with E-state index in [1.807, 2.05) is 6.07 Å². The summed E-state index contributed by atoms with van der Waals surface area (Å²) < 4.78 is 5.70. The minimum Gasteiger partial charge on any atom is -0.422 e. The fourth-order valence-electron chi connectivity index (χ4n) is 3.30. The standard InChI is InChI=1S/C20H24N2O3/c1-5-15(23)12-21-11-14-10-13-6-7-16-17(18(13)25-19(14)24)20(2,3)8-9-22(16)4/h6-7,10-11H,5,8-9,12H2,1-4H3. The molecule has 1 aromatic heterocycles. The first-order valence-electron chi connectivity index (χ1n) is 8.67. The van der Waals surface area contributed by atoms with Gasteiger partial charge in [-0.3, -0.25) is 9.79 Å². The zero-order chi connectivity index (χ0) is 18.2. The van der Waals surface area contributed by atoms with Crippen LogP contribution in [0.15, 0.2) is 32.4 Å². The fourth-order valence-corrected chi connectivity index (χ4v) is 3.30. The van der Waals surface area contributed by atoms with Crippen LogP contribution in [0.4, 0.5) is 5.69 Å². The topological polar surface area (TPSA) is 62.9 Å². The lowest BCUT2D eigenvalue weighted by Crippen LogP contribution is -2.35. The largest absolute Gasteiger partial charge is 0.422 e. The number of anilines is 1. The summed E-state index contributed by atoms with van der Waals surface area (Å²) in [5, 5.41) is 0.880. The molecule has 1 aromatic carbocycles. The number of ketones is 1. The second kappa shape index (κ2) is 6.47. The van der Waals surface area contributed by atoms with Gasteiger partial charge < -0.3 is 9.32 Å². The van der Waals surface area contributed by atoms with E-state index in [4.69, 9.17) is 4.42 Å². The van der Waals surface area contributed by atoms with Crippen LogP contribution in [-0.2, 0) is 10.2 Å². The Kier molecular flexibility index (Phi) is 4.50. The van der Waals surface area contributed by atoms with Crippen molar-refractivity contribution >= 4 is 28.7 Å². The molecule has 25 heavy (non-hydrogen) atoms. The van der Waals surface area contributed by atoms with Crippen molar-refractivity contribution in [2.24, 2.45) is 4.99 Å². The first-order chi connectivity index (χ1) is 11.8. The van der Waals surface area contributed by atoms with Crippen molar-refractivity contribution in [1.29, 1.82) is 0 Å². The minimum absolute atomic E-state index is 0.0419. The summed E-state index contributed by atoms with van der Waals surface area (Å²) in [6.45, 7) is 7.24. The number of hydrogen-bond donors (Lipinski definition) is 0. The maximum Gasteiger partial charge on any atom is 0.345 e. The zero-order valence-electron chi connectivity index (χ0n) is 15.3. The van der Waals surface area contributed by atoms with E-state index >= 15 is 0 Å². The molecule has 1 aliphatic rings. The number of hydrogen-bond acceptors (Lipinski definition) is 5. The summed E-state index contributed by atoms with van der Waals surface area (Å²) in [7, 11) is 2.06. The maximum absolute atomic E-state index is 12.4. The SMILES string of the molecule is CCC(=O)CN=Cc1cc2ccc3c(c2oc1=O)C(C)(C)CCN3C. The van der Waals surface area contributed by atoms with Gasteiger partial charge in [-0.15, -0.1) is 0 Å². The number of nitrogens with zero attached hydrogens (tertiary/aromatic N) is 2. The van der Waals surface area contributed by atoms with Gasteiger partial charge in [-0.25, -0.2) is 4.79 Å². The molecule has 0 atom stereocenters. The highest BCUT2D eigenvalue weighted by Gasteiger charge is 2.33. The van der Waals surface area contributed by atoms with Crippen molar-refractivity contribution in [2.45, 2.75) is 39.0 Å². The number of carbonyl (C=O) groups excluding carboxylic acids is 1. The van der Waals surface area contributed by atoms with Crippen molar-refractivity contribution in [3.8, 4) is 0 Å². The lowest BCUT2D eigenvalue weighted by atomic mass is 9.77. The van der Waals surface area contributed by atoms with E-state index in [9.17, 15) is 9.59 Å². The van der Waals surface area contributed by atoms with Crippen LogP contribution in [-0.4, -0.2) is 32.1 Å². The van der Waals surface area contributed by atoms with E-state index in [0.29, 0.717) is 17.6 Å². The predicted molar refractivity (Wildman–Crippen MR) is 101 cm³/mol. The van der Waals surface area contributed by atoms with Crippen molar-refractivity contribution in [1.82, 2.24) is 0 Å². The molecule has 0 N–H and O–H groups in total. The molecule has 2 heterocycles. The molecule has 5 heteroatoms. The predicted octanol–water partition coefficient (Wildman–Crippen LogP) is 3.31. The second-order valence-electron chi connectivity index (χ2n) is 7.28. The third kappa shape index (κ3) is 3.23. The molecular weight excluding hydrogens is 316 g/mol. The molecular formula is C20H24N2O3. The second-order valence-corrected chi connectivity index (χ2v) is 7.28. The van der Waals surface area contributed by atoms with Crippen LogP contribution >= 0.6 is 0 Å². The zero-order valence-corrected chi connectivity index (χ0v) is 15.3. The molecule has 5 nitrogen and oxygen atoms in total. The number of benzene rings is 1. The molecule has 0 radical (unpaired) electrons. The highest BCUT2D eigenvalue weighted by molar-refractivity contribution is 5.92. The van der Waals surface area contributed by atoms with Crippen molar-refractivity contribution in [2.75, 3.05) is 25.0 Å². The van der Waals surface area contributed by atoms with Crippen LogP contribution in [0.1, 0.15) is 44.7 Å². The Labute approximate surface area is 147 Å². The quantitative estimate of drug-likeness (QED) is 0.633. The first-order valence-corrected chi connectivity index (χ1v) is 8.67. The van der Waals surface area contributed by atoms with Gasteiger partial charge in [0.15, 0.2) is 5.78 Å². The van der Waals surface area contributed by atoms with E-state index in [1.54, 1.807) is 13.0 Å². The van der Waals surface area contributed by atoms with Gasteiger partial charge in [-0.1, -0.05) is 20.8 Å². The van der Waals surface area contributed by atoms with Crippen molar-refractivity contribution in [3.63, 3.8) is 0 Å². The minimum atomic E-state index is -0.419. The molecule has 0 spiro atoms. The van der Waals surface area contributed by atoms with Gasteiger partial charge in [0.25, 0.3) is 0 Å². The lowest BCUT2D eigenvalue weighted by molar-refractivity contribution is -0.117. The molecule has 132 valence electrons. The van der Waals surface area contributed by atoms with Crippen LogP contribution in [0.25, 0.3) is 11.0 Å². The molecule has 0 amide bonds. The Morgan fingerprint density at radius 1 is 1.40 bits per heavy atom. The summed E-state index contributed by atoms with van der Waals surface area (Å²) in [5.74, 6) is 0.0419. The Morgan fingerprint density at radius 2 is 2.16 bits per heavy atom. The number of carbonyl (C=O) groups is 1. The van der Waals surface area contributed by atoms with Gasteiger partial charge in [0.1, 0.15) is 5.58 Å². The highest BCUT2D eigenvalue weighted by atomic mass is 16.4. The normalized spacial score (nSPS) is 16.4. The molecule has 0 aliphatic carbocycles. The van der Waals surface area contributed by atoms with Crippen molar-refractivity contribution < 1.29 is 9.21 Å². The van der Waals surface area contributed by atoms with Crippen LogP contribution in [0.5, 0.6) is 0 Å². The molecule has 2 aromatic rings. The van der Waals surface area contributed by atoms with E-state index in [0.717, 1.165) is 29.6 Å². The Morgan fingerprint density at radius 3 is 2.88 bits per heavy atom. The number of Topliss-reactive ketones (excluding diaryl/α,β-unsaturated/α-hetero) is 1. The van der Waals surface area contributed by atoms with Gasteiger partial charge in [0, 0.05) is 42.9 Å². The Balaban J connectivity index is 2.10. The van der Waals surface area contributed by atoms with Crippen LogP contribution in [0.3, 0.4) is 0 Å². The molecule has 0 saturated carbocycles. The van der Waals surface area contributed by atoms with Crippen LogP contribution in [0.2, 0.25) is 0 Å². The lowest BCUT2D eigenvalue weighted by Gasteiger charge is -2.38. The fraction of sp³-hybridized carbons (Fsp3) is 0.450. The molecule has 1 aliphatic heterocycles. The number of aliphatic imine (C=N–C) groups is 1. The van der Waals surface area contributed by atoms with Gasteiger partial charge >= 0.3 is 5.63 Å². The van der Waals surface area contributed by atoms with Gasteiger partial charge in [0.05, 0.1) is 12.1 Å². The maximum atomic E-state index is 12.4. The molecule has 3 rings (SSSR count). The summed E-state index contributed by atoms with van der Waals surface area (Å²) in [6.07, 6.45) is 2.88. The summed E-state index contributed by atoms with van der Waals surface area (Å²) in [5.41, 5.74) is 2.75. The Hall–Kier alpha value is -2.43. The van der Waals surface area contributed by atoms with E-state index in [-0.39, 0.29) is 17.7 Å². The van der Waals surface area contributed by atoms with Crippen molar-refractivity contribution in [3.05, 3.63) is 39.7 Å². The summed E-state index contributed by atoms with van der Waals surface area (Å²) >= 11 is 0. The number of fused-ring (bicyclic) bond motifs is 3. The average molecular weight is 340 g/mol. The molecule has 0 saturated heterocycles. The molecule has 0 unspecified atom stereocenters. The smallest absolute Gasteiger partial charge is 0.345 e. The van der Waals surface area contributed by atoms with E-state index in [1.165, 1.54) is 6.21 Å². The third-order valence-electron chi connectivity index (χ3n) is 4.96. The van der Waals surface area contributed by atoms with E-state index in [2.05, 4.69) is 36.9 Å². The Bertz CT molecular complexity index is 909. The summed E-state index contributed by atoms with van der Waals surface area (Å²) in [4.78, 5) is 30.0. The molecule has 0 bridgehead atoms. The molecule has 0 fully saturated rings. The van der Waals surface area contributed by atoms with E-state index < -0.39 is 5.63 Å². The highest BCUT2D eigenvalue weighted by Crippen LogP contribution is 2.42. The van der Waals surface area contributed by atoms with Crippen LogP contribution < -0.4 is 10.5 Å². The third-order valence-corrected chi connectivity index (χ3v) is 4.96. The number of rotatable bonds is 4. The van der Waals surface area contributed by atoms with Gasteiger partial charge in [-0.2, -0.15) is 0 Å².